The van der Waals surface area contributed by atoms with Crippen LogP contribution < -0.4 is 10.6 Å². The zero-order valence-corrected chi connectivity index (χ0v) is 14.0. The van der Waals surface area contributed by atoms with Crippen molar-refractivity contribution < 1.29 is 9.59 Å². The van der Waals surface area contributed by atoms with E-state index in [0.29, 0.717) is 13.0 Å². The van der Waals surface area contributed by atoms with Gasteiger partial charge in [0.25, 0.3) is 0 Å². The molecule has 3 heterocycles. The fraction of sp³-hybridized carbons (Fsp3) is 0.600. The van der Waals surface area contributed by atoms with Gasteiger partial charge in [-0.2, -0.15) is 0 Å². The van der Waals surface area contributed by atoms with Crippen molar-refractivity contribution in [2.75, 3.05) is 24.7 Å². The van der Waals surface area contributed by atoms with Crippen molar-refractivity contribution in [3.63, 3.8) is 0 Å². The third kappa shape index (κ3) is 4.02. The van der Waals surface area contributed by atoms with E-state index in [-0.39, 0.29) is 23.8 Å². The molecule has 2 unspecified atom stereocenters. The Morgan fingerprint density at radius 3 is 3.09 bits per heavy atom. The monoisotopic (exact) mass is 339 g/mol. The highest BCUT2D eigenvalue weighted by molar-refractivity contribution is 7.99. The smallest absolute Gasteiger partial charge is 0.240 e. The number of thioether (sulfide) groups is 1. The van der Waals surface area contributed by atoms with Crippen LogP contribution in [0.3, 0.4) is 0 Å². The molecule has 120 valence electrons. The highest BCUT2D eigenvalue weighted by Crippen LogP contribution is 2.22. The summed E-state index contributed by atoms with van der Waals surface area (Å²) >= 11 is 3.45. The maximum Gasteiger partial charge on any atom is 0.240 e. The van der Waals surface area contributed by atoms with Gasteiger partial charge < -0.3 is 15.5 Å². The number of carbonyl (C=O) groups excluding carboxylic acids is 2. The van der Waals surface area contributed by atoms with Crippen LogP contribution in [0.5, 0.6) is 0 Å². The third-order valence-corrected chi connectivity index (χ3v) is 5.94. The quantitative estimate of drug-likeness (QED) is 0.848. The second-order valence-electron chi connectivity index (χ2n) is 5.76. The lowest BCUT2D eigenvalue weighted by Gasteiger charge is -2.19. The van der Waals surface area contributed by atoms with Gasteiger partial charge in [0.15, 0.2) is 0 Å². The van der Waals surface area contributed by atoms with E-state index in [1.165, 1.54) is 0 Å². The first-order valence-electron chi connectivity index (χ1n) is 7.61. The summed E-state index contributed by atoms with van der Waals surface area (Å²) in [7, 11) is 0. The second kappa shape index (κ2) is 7.48. The summed E-state index contributed by atoms with van der Waals surface area (Å²) in [5, 5.41) is 8.25. The third-order valence-electron chi connectivity index (χ3n) is 4.10. The summed E-state index contributed by atoms with van der Waals surface area (Å²) in [5.74, 6) is 2.37. The minimum Gasteiger partial charge on any atom is -0.351 e. The minimum atomic E-state index is -0.103. The number of carbonyl (C=O) groups is 2. The number of amides is 2. The van der Waals surface area contributed by atoms with E-state index >= 15 is 0 Å². The SMILES string of the molecule is O=C(CC1CNC(C(=O)N2CCSC2)C1)NCc1cccs1. The molecule has 3 rings (SSSR count). The molecule has 2 atom stereocenters. The van der Waals surface area contributed by atoms with E-state index < -0.39 is 0 Å². The highest BCUT2D eigenvalue weighted by atomic mass is 32.2. The van der Waals surface area contributed by atoms with Crippen molar-refractivity contribution in [1.82, 2.24) is 15.5 Å². The van der Waals surface area contributed by atoms with E-state index in [4.69, 9.17) is 0 Å². The van der Waals surface area contributed by atoms with E-state index in [2.05, 4.69) is 10.6 Å². The van der Waals surface area contributed by atoms with E-state index in [0.717, 1.165) is 36.0 Å². The first kappa shape index (κ1) is 15.8. The molecule has 0 spiro atoms. The Kier molecular flexibility index (Phi) is 5.38. The summed E-state index contributed by atoms with van der Waals surface area (Å²) in [5.41, 5.74) is 0. The van der Waals surface area contributed by atoms with E-state index in [1.807, 2.05) is 22.4 Å². The van der Waals surface area contributed by atoms with Crippen LogP contribution in [0.4, 0.5) is 0 Å². The lowest BCUT2D eigenvalue weighted by molar-refractivity contribution is -0.131. The van der Waals surface area contributed by atoms with Crippen molar-refractivity contribution in [2.24, 2.45) is 5.92 Å². The van der Waals surface area contributed by atoms with Crippen LogP contribution in [0.15, 0.2) is 17.5 Å². The maximum atomic E-state index is 12.3. The number of rotatable bonds is 5. The predicted octanol–water partition coefficient (Wildman–Crippen LogP) is 1.27. The largest absolute Gasteiger partial charge is 0.351 e. The second-order valence-corrected chi connectivity index (χ2v) is 7.87. The van der Waals surface area contributed by atoms with Crippen molar-refractivity contribution in [3.05, 3.63) is 22.4 Å². The summed E-state index contributed by atoms with van der Waals surface area (Å²) in [4.78, 5) is 27.4. The van der Waals surface area contributed by atoms with Gasteiger partial charge in [-0.3, -0.25) is 9.59 Å². The van der Waals surface area contributed by atoms with Gasteiger partial charge in [-0.05, 0) is 30.3 Å². The molecule has 0 saturated carbocycles. The maximum absolute atomic E-state index is 12.3. The Morgan fingerprint density at radius 2 is 2.36 bits per heavy atom. The lowest BCUT2D eigenvalue weighted by atomic mass is 10.0. The number of hydrogen-bond acceptors (Lipinski definition) is 5. The molecule has 0 aliphatic carbocycles. The summed E-state index contributed by atoms with van der Waals surface area (Å²) < 4.78 is 0. The van der Waals surface area contributed by atoms with Crippen LogP contribution in [0.25, 0.3) is 0 Å². The fourth-order valence-corrected chi connectivity index (χ4v) is 4.49. The number of nitrogens with zero attached hydrogens (tertiary/aromatic N) is 1. The number of nitrogens with one attached hydrogen (secondary N) is 2. The Hall–Kier alpha value is -1.05. The van der Waals surface area contributed by atoms with Gasteiger partial charge in [0.2, 0.25) is 11.8 Å². The van der Waals surface area contributed by atoms with Gasteiger partial charge >= 0.3 is 0 Å². The molecule has 2 N–H and O–H groups in total. The molecule has 2 aliphatic rings. The molecule has 1 aromatic heterocycles. The van der Waals surface area contributed by atoms with Crippen molar-refractivity contribution in [1.29, 1.82) is 0 Å². The molecule has 0 radical (unpaired) electrons. The zero-order valence-electron chi connectivity index (χ0n) is 12.4. The fourth-order valence-electron chi connectivity index (χ4n) is 2.89. The molecule has 2 fully saturated rings. The first-order chi connectivity index (χ1) is 10.7. The molecule has 7 heteroatoms. The standard InChI is InChI=1S/C15H21N3O2S2/c19-14(17-9-12-2-1-4-22-12)7-11-6-13(16-8-11)15(20)18-3-5-21-10-18/h1-2,4,11,13,16H,3,5-10H2,(H,17,19). The number of thiophene rings is 1. The molecule has 2 amide bonds. The van der Waals surface area contributed by atoms with Gasteiger partial charge in [0.05, 0.1) is 18.5 Å². The van der Waals surface area contributed by atoms with Crippen LogP contribution in [0, 0.1) is 5.92 Å². The molecule has 5 nitrogen and oxygen atoms in total. The van der Waals surface area contributed by atoms with Gasteiger partial charge in [0.1, 0.15) is 0 Å². The Morgan fingerprint density at radius 1 is 1.45 bits per heavy atom. The lowest BCUT2D eigenvalue weighted by Crippen LogP contribution is -2.42. The number of hydrogen-bond donors (Lipinski definition) is 2. The minimum absolute atomic E-state index is 0.0741. The normalized spacial score (nSPS) is 24.6. The van der Waals surface area contributed by atoms with Crippen LogP contribution in [0.2, 0.25) is 0 Å². The topological polar surface area (TPSA) is 61.4 Å². The highest BCUT2D eigenvalue weighted by Gasteiger charge is 2.34. The summed E-state index contributed by atoms with van der Waals surface area (Å²) in [6.45, 7) is 2.21. The van der Waals surface area contributed by atoms with Crippen LogP contribution in [-0.4, -0.2) is 47.5 Å². The molecule has 22 heavy (non-hydrogen) atoms. The van der Waals surface area contributed by atoms with Gasteiger partial charge in [0, 0.05) is 23.6 Å². The van der Waals surface area contributed by atoms with Gasteiger partial charge in [-0.25, -0.2) is 0 Å². The Balaban J connectivity index is 1.40. The van der Waals surface area contributed by atoms with Crippen LogP contribution in [-0.2, 0) is 16.1 Å². The Bertz CT molecular complexity index is 515. The van der Waals surface area contributed by atoms with Crippen LogP contribution in [0.1, 0.15) is 17.7 Å². The first-order valence-corrected chi connectivity index (χ1v) is 9.65. The zero-order chi connectivity index (χ0) is 15.4. The molecule has 2 aliphatic heterocycles. The van der Waals surface area contributed by atoms with Crippen LogP contribution >= 0.6 is 23.1 Å². The van der Waals surface area contributed by atoms with Gasteiger partial charge in [-0.15, -0.1) is 23.1 Å². The molecular weight excluding hydrogens is 318 g/mol. The molecule has 1 aromatic rings. The van der Waals surface area contributed by atoms with Crippen molar-refractivity contribution >= 4 is 34.9 Å². The molecule has 0 bridgehead atoms. The predicted molar refractivity (Wildman–Crippen MR) is 89.7 cm³/mol. The average molecular weight is 339 g/mol. The summed E-state index contributed by atoms with van der Waals surface area (Å²) in [6, 6.07) is 3.90. The Labute approximate surface area is 138 Å². The van der Waals surface area contributed by atoms with Crippen molar-refractivity contribution in [2.45, 2.75) is 25.4 Å². The van der Waals surface area contributed by atoms with E-state index in [1.54, 1.807) is 23.1 Å². The molecular formula is C15H21N3O2S2. The van der Waals surface area contributed by atoms with E-state index in [9.17, 15) is 9.59 Å². The molecule has 2 saturated heterocycles. The molecule has 0 aromatic carbocycles. The van der Waals surface area contributed by atoms with Crippen molar-refractivity contribution in [3.8, 4) is 0 Å². The van der Waals surface area contributed by atoms with Gasteiger partial charge in [-0.1, -0.05) is 6.07 Å². The average Bonchev–Trinajstić information content (AvgIpc) is 3.26. The summed E-state index contributed by atoms with van der Waals surface area (Å²) in [6.07, 6.45) is 1.27.